The van der Waals surface area contributed by atoms with Crippen LogP contribution >= 0.6 is 0 Å². The summed E-state index contributed by atoms with van der Waals surface area (Å²) in [7, 11) is -2.97. The molecule has 5 heteroatoms. The van der Waals surface area contributed by atoms with Crippen molar-refractivity contribution in [2.24, 2.45) is 5.92 Å². The number of sulfonamides is 1. The maximum absolute atomic E-state index is 11.6. The first-order valence-electron chi connectivity index (χ1n) is 5.66. The van der Waals surface area contributed by atoms with Gasteiger partial charge in [-0.05, 0) is 12.8 Å². The van der Waals surface area contributed by atoms with Gasteiger partial charge in [0, 0.05) is 32.7 Å². The maximum Gasteiger partial charge on any atom is 0.213 e. The fraction of sp³-hybridized carbons (Fsp3) is 1.00. The van der Waals surface area contributed by atoms with Crippen LogP contribution in [0.4, 0.5) is 0 Å². The van der Waals surface area contributed by atoms with Gasteiger partial charge in [0.2, 0.25) is 10.0 Å². The van der Waals surface area contributed by atoms with Gasteiger partial charge in [-0.25, -0.2) is 8.42 Å². The van der Waals surface area contributed by atoms with Gasteiger partial charge in [-0.2, -0.15) is 4.31 Å². The fourth-order valence-corrected chi connectivity index (χ4v) is 2.97. The molecule has 15 heavy (non-hydrogen) atoms. The smallest absolute Gasteiger partial charge is 0.213 e. The summed E-state index contributed by atoms with van der Waals surface area (Å²) in [5.74, 6) is 0.872. The van der Waals surface area contributed by atoms with Crippen LogP contribution in [0.3, 0.4) is 0 Å². The molecule has 0 radical (unpaired) electrons. The summed E-state index contributed by atoms with van der Waals surface area (Å²) >= 11 is 0. The van der Waals surface area contributed by atoms with E-state index in [0.29, 0.717) is 19.0 Å². The second kappa shape index (κ2) is 5.27. The highest BCUT2D eigenvalue weighted by molar-refractivity contribution is 7.89. The molecule has 0 N–H and O–H groups in total. The van der Waals surface area contributed by atoms with Crippen LogP contribution in [0.2, 0.25) is 0 Å². The van der Waals surface area contributed by atoms with Gasteiger partial charge in [-0.3, -0.25) is 0 Å². The lowest BCUT2D eigenvalue weighted by atomic mass is 10.2. The number of piperazine rings is 1. The van der Waals surface area contributed by atoms with Gasteiger partial charge in [0.15, 0.2) is 0 Å². The monoisotopic (exact) mass is 234 g/mol. The summed E-state index contributed by atoms with van der Waals surface area (Å²) < 4.78 is 24.8. The molecule has 90 valence electrons. The summed E-state index contributed by atoms with van der Waals surface area (Å²) in [5.41, 5.74) is 0. The number of hydrogen-bond acceptors (Lipinski definition) is 3. The van der Waals surface area contributed by atoms with Gasteiger partial charge in [-0.15, -0.1) is 0 Å². The van der Waals surface area contributed by atoms with Crippen molar-refractivity contribution >= 4 is 10.0 Å². The molecule has 1 rings (SSSR count). The van der Waals surface area contributed by atoms with E-state index in [2.05, 4.69) is 18.7 Å². The zero-order valence-corrected chi connectivity index (χ0v) is 10.8. The van der Waals surface area contributed by atoms with E-state index in [1.54, 1.807) is 11.2 Å². The second-order valence-electron chi connectivity index (χ2n) is 4.49. The predicted octanol–water partition coefficient (Wildman–Crippen LogP) is 0.610. The molecule has 1 aliphatic rings. The lowest BCUT2D eigenvalue weighted by Crippen LogP contribution is -2.49. The van der Waals surface area contributed by atoms with Crippen molar-refractivity contribution in [1.29, 1.82) is 0 Å². The zero-order valence-electron chi connectivity index (χ0n) is 9.94. The Morgan fingerprint density at radius 1 is 1.13 bits per heavy atom. The molecule has 0 amide bonds. The third kappa shape index (κ3) is 3.74. The van der Waals surface area contributed by atoms with Gasteiger partial charge in [0.25, 0.3) is 0 Å². The average molecular weight is 234 g/mol. The number of nitrogens with zero attached hydrogens (tertiary/aromatic N) is 2. The molecular formula is C10H22N2O2S. The standard InChI is InChI=1S/C10H22N2O2S/c1-4-15(13,14)12-7-5-11(6-8-12)9-10(2)3/h10H,4-9H2,1-3H3. The van der Waals surface area contributed by atoms with E-state index >= 15 is 0 Å². The average Bonchev–Trinajstić information content (AvgIpc) is 2.18. The van der Waals surface area contributed by atoms with Gasteiger partial charge < -0.3 is 4.90 Å². The SMILES string of the molecule is CCS(=O)(=O)N1CCN(CC(C)C)CC1. The lowest BCUT2D eigenvalue weighted by molar-refractivity contribution is 0.172. The topological polar surface area (TPSA) is 40.6 Å². The molecule has 4 nitrogen and oxygen atoms in total. The molecule has 0 aliphatic carbocycles. The Kier molecular flexibility index (Phi) is 4.55. The Morgan fingerprint density at radius 3 is 2.07 bits per heavy atom. The van der Waals surface area contributed by atoms with E-state index in [-0.39, 0.29) is 5.75 Å². The van der Waals surface area contributed by atoms with Crippen molar-refractivity contribution in [2.75, 3.05) is 38.5 Å². The largest absolute Gasteiger partial charge is 0.300 e. The zero-order chi connectivity index (χ0) is 11.5. The molecule has 1 heterocycles. The van der Waals surface area contributed by atoms with Gasteiger partial charge in [0.1, 0.15) is 0 Å². The quantitative estimate of drug-likeness (QED) is 0.715. The van der Waals surface area contributed by atoms with E-state index in [1.807, 2.05) is 0 Å². The van der Waals surface area contributed by atoms with Crippen LogP contribution in [0.25, 0.3) is 0 Å². The Bertz CT molecular complexity index is 280. The summed E-state index contributed by atoms with van der Waals surface area (Å²) in [6.07, 6.45) is 0. The summed E-state index contributed by atoms with van der Waals surface area (Å²) in [6.45, 7) is 10.2. The van der Waals surface area contributed by atoms with Crippen LogP contribution in [-0.4, -0.2) is 56.1 Å². The summed E-state index contributed by atoms with van der Waals surface area (Å²) in [5, 5.41) is 0. The van der Waals surface area contributed by atoms with Crippen LogP contribution in [0, 0.1) is 5.92 Å². The summed E-state index contributed by atoms with van der Waals surface area (Å²) in [4.78, 5) is 2.34. The van der Waals surface area contributed by atoms with Crippen molar-refractivity contribution in [3.8, 4) is 0 Å². The van der Waals surface area contributed by atoms with Crippen molar-refractivity contribution in [3.63, 3.8) is 0 Å². The highest BCUT2D eigenvalue weighted by Gasteiger charge is 2.25. The molecule has 0 saturated carbocycles. The van der Waals surface area contributed by atoms with Gasteiger partial charge in [-0.1, -0.05) is 13.8 Å². The third-order valence-corrected chi connectivity index (χ3v) is 4.59. The van der Waals surface area contributed by atoms with E-state index in [4.69, 9.17) is 0 Å². The van der Waals surface area contributed by atoms with Crippen LogP contribution < -0.4 is 0 Å². The van der Waals surface area contributed by atoms with Gasteiger partial charge in [0.05, 0.1) is 5.75 Å². The number of rotatable bonds is 4. The molecule has 0 aromatic carbocycles. The van der Waals surface area contributed by atoms with Crippen LogP contribution in [-0.2, 0) is 10.0 Å². The molecule has 1 saturated heterocycles. The second-order valence-corrected chi connectivity index (χ2v) is 6.75. The highest BCUT2D eigenvalue weighted by Crippen LogP contribution is 2.09. The molecule has 0 spiro atoms. The lowest BCUT2D eigenvalue weighted by Gasteiger charge is -2.34. The molecule has 0 atom stereocenters. The minimum atomic E-state index is -2.97. The Morgan fingerprint density at radius 2 is 1.67 bits per heavy atom. The minimum Gasteiger partial charge on any atom is -0.300 e. The van der Waals surface area contributed by atoms with E-state index in [1.165, 1.54) is 0 Å². The first-order valence-corrected chi connectivity index (χ1v) is 7.26. The molecule has 0 unspecified atom stereocenters. The molecular weight excluding hydrogens is 212 g/mol. The molecule has 0 bridgehead atoms. The third-order valence-electron chi connectivity index (χ3n) is 2.71. The summed E-state index contributed by atoms with van der Waals surface area (Å²) in [6, 6.07) is 0. The molecule has 1 fully saturated rings. The Balaban J connectivity index is 2.43. The van der Waals surface area contributed by atoms with Crippen molar-refractivity contribution < 1.29 is 8.42 Å². The van der Waals surface area contributed by atoms with Crippen molar-refractivity contribution in [1.82, 2.24) is 9.21 Å². The number of hydrogen-bond donors (Lipinski definition) is 0. The highest BCUT2D eigenvalue weighted by atomic mass is 32.2. The van der Waals surface area contributed by atoms with Crippen LogP contribution in [0.1, 0.15) is 20.8 Å². The van der Waals surface area contributed by atoms with Crippen LogP contribution in [0.5, 0.6) is 0 Å². The first-order chi connectivity index (χ1) is 6.95. The fourth-order valence-electron chi connectivity index (χ4n) is 1.89. The Labute approximate surface area is 93.3 Å². The molecule has 0 aromatic heterocycles. The van der Waals surface area contributed by atoms with Crippen LogP contribution in [0.15, 0.2) is 0 Å². The molecule has 0 aromatic rings. The maximum atomic E-state index is 11.6. The van der Waals surface area contributed by atoms with Crippen molar-refractivity contribution in [3.05, 3.63) is 0 Å². The Hall–Kier alpha value is -0.130. The van der Waals surface area contributed by atoms with Crippen molar-refractivity contribution in [2.45, 2.75) is 20.8 Å². The predicted molar refractivity (Wildman–Crippen MR) is 62.3 cm³/mol. The van der Waals surface area contributed by atoms with Gasteiger partial charge >= 0.3 is 0 Å². The van der Waals surface area contributed by atoms with E-state index < -0.39 is 10.0 Å². The normalized spacial score (nSPS) is 21.1. The first kappa shape index (κ1) is 12.9. The molecule has 1 aliphatic heterocycles. The minimum absolute atomic E-state index is 0.219. The van der Waals surface area contributed by atoms with E-state index in [9.17, 15) is 8.42 Å². The van der Waals surface area contributed by atoms with E-state index in [0.717, 1.165) is 19.6 Å².